The molecule has 1 atom stereocenters. The van der Waals surface area contributed by atoms with Crippen molar-refractivity contribution in [3.63, 3.8) is 0 Å². The minimum absolute atomic E-state index is 0.481. The molecular formula is C17H24FN3O4S. The van der Waals surface area contributed by atoms with E-state index in [4.69, 9.17) is 0 Å². The highest BCUT2D eigenvalue weighted by atomic mass is 32.2. The van der Waals surface area contributed by atoms with E-state index in [9.17, 15) is 22.7 Å². The van der Waals surface area contributed by atoms with Gasteiger partial charge in [-0.15, -0.1) is 0 Å². The summed E-state index contributed by atoms with van der Waals surface area (Å²) in [5.74, 6) is -1.38. The Balaban J connectivity index is 1.69. The zero-order chi connectivity index (χ0) is 18.9. The van der Waals surface area contributed by atoms with Crippen LogP contribution in [0.15, 0.2) is 12.1 Å². The van der Waals surface area contributed by atoms with Crippen LogP contribution in [0, 0.1) is 11.7 Å². The molecule has 2 aliphatic heterocycles. The summed E-state index contributed by atoms with van der Waals surface area (Å²) in [6.07, 6.45) is 4.14. The van der Waals surface area contributed by atoms with Crippen molar-refractivity contribution in [2.24, 2.45) is 5.92 Å². The molecule has 2 aliphatic rings. The molecule has 2 saturated heterocycles. The maximum Gasteiger partial charge on any atom is 0.326 e. The quantitative estimate of drug-likeness (QED) is 0.772. The van der Waals surface area contributed by atoms with E-state index in [-0.39, 0.29) is 0 Å². The van der Waals surface area contributed by atoms with Gasteiger partial charge in [-0.1, -0.05) is 13.3 Å². The van der Waals surface area contributed by atoms with Gasteiger partial charge < -0.3 is 10.0 Å². The molecular weight excluding hydrogens is 361 g/mol. The first-order chi connectivity index (χ1) is 12.3. The number of carbonyl (C=O) groups excluding carboxylic acids is 1. The number of halogens is 1. The van der Waals surface area contributed by atoms with Crippen LogP contribution in [0.2, 0.25) is 0 Å². The maximum absolute atomic E-state index is 14.5. The number of hydrogen-bond donors (Lipinski definition) is 2. The lowest BCUT2D eigenvalue weighted by Crippen LogP contribution is -2.30. The number of nitrogens with zero attached hydrogens (tertiary/aromatic N) is 2. The maximum atomic E-state index is 14.5. The van der Waals surface area contributed by atoms with Gasteiger partial charge in [0, 0.05) is 13.1 Å². The molecule has 1 amide bonds. The Morgan fingerprint density at radius 1 is 1.38 bits per heavy atom. The lowest BCUT2D eigenvalue weighted by molar-refractivity contribution is -0.117. The molecule has 0 aromatic heterocycles. The lowest BCUT2D eigenvalue weighted by Gasteiger charge is -2.19. The molecule has 7 nitrogen and oxygen atoms in total. The number of likely N-dealkylation sites (tertiary alicyclic amines) is 1. The van der Waals surface area contributed by atoms with Gasteiger partial charge in [-0.25, -0.2) is 13.4 Å². The number of benzene rings is 1. The molecule has 26 heavy (non-hydrogen) atoms. The Morgan fingerprint density at radius 3 is 2.77 bits per heavy atom. The van der Waals surface area contributed by atoms with Crippen LogP contribution in [0.1, 0.15) is 31.7 Å². The fourth-order valence-electron chi connectivity index (χ4n) is 3.72. The number of anilines is 1. The second kappa shape index (κ2) is 7.40. The summed E-state index contributed by atoms with van der Waals surface area (Å²) < 4.78 is 40.5. The van der Waals surface area contributed by atoms with E-state index >= 15 is 0 Å². The Bertz CT molecular complexity index is 776. The van der Waals surface area contributed by atoms with Gasteiger partial charge in [0.2, 0.25) is 0 Å². The topological polar surface area (TPSA) is 89.9 Å². The molecule has 0 spiro atoms. The molecule has 0 radical (unpaired) electrons. The molecule has 9 heteroatoms. The predicted molar refractivity (Wildman–Crippen MR) is 95.6 cm³/mol. The second-order valence-electron chi connectivity index (χ2n) is 6.98. The van der Waals surface area contributed by atoms with E-state index in [2.05, 4.69) is 11.8 Å². The van der Waals surface area contributed by atoms with Gasteiger partial charge >= 0.3 is 10.2 Å². The Hall–Kier alpha value is -1.87. The van der Waals surface area contributed by atoms with Crippen molar-refractivity contribution < 1.29 is 22.7 Å². The number of amides is 1. The summed E-state index contributed by atoms with van der Waals surface area (Å²) >= 11 is 0. The van der Waals surface area contributed by atoms with Gasteiger partial charge in [0.05, 0.1) is 0 Å². The first kappa shape index (κ1) is 18.9. The van der Waals surface area contributed by atoms with E-state index in [0.717, 1.165) is 25.6 Å². The van der Waals surface area contributed by atoms with Crippen LogP contribution in [-0.4, -0.2) is 50.5 Å². The highest BCUT2D eigenvalue weighted by molar-refractivity contribution is 7.92. The molecule has 1 aromatic carbocycles. The molecule has 0 saturated carbocycles. The Morgan fingerprint density at radius 2 is 2.15 bits per heavy atom. The fourth-order valence-corrected chi connectivity index (χ4v) is 4.89. The average Bonchev–Trinajstić information content (AvgIpc) is 3.09. The van der Waals surface area contributed by atoms with Crippen LogP contribution in [-0.2, 0) is 21.4 Å². The minimum atomic E-state index is -4.16. The molecule has 1 unspecified atom stereocenters. The van der Waals surface area contributed by atoms with Crippen LogP contribution in [0.3, 0.4) is 0 Å². The predicted octanol–water partition coefficient (Wildman–Crippen LogP) is 1.38. The van der Waals surface area contributed by atoms with Crippen LogP contribution >= 0.6 is 0 Å². The van der Waals surface area contributed by atoms with E-state index in [1.807, 2.05) is 0 Å². The highest BCUT2D eigenvalue weighted by Crippen LogP contribution is 2.34. The third-order valence-corrected chi connectivity index (χ3v) is 6.33. The highest BCUT2D eigenvalue weighted by Gasteiger charge is 2.37. The van der Waals surface area contributed by atoms with Crippen LogP contribution < -0.4 is 9.03 Å². The van der Waals surface area contributed by atoms with Gasteiger partial charge in [0.25, 0.3) is 5.91 Å². The zero-order valence-electron chi connectivity index (χ0n) is 14.7. The molecule has 144 valence electrons. The van der Waals surface area contributed by atoms with Crippen molar-refractivity contribution in [3.05, 3.63) is 23.5 Å². The van der Waals surface area contributed by atoms with Gasteiger partial charge in [-0.2, -0.15) is 8.42 Å². The van der Waals surface area contributed by atoms with Gasteiger partial charge in [-0.3, -0.25) is 4.79 Å². The van der Waals surface area contributed by atoms with Crippen molar-refractivity contribution in [1.29, 1.82) is 0 Å². The first-order valence-corrected chi connectivity index (χ1v) is 10.3. The number of hydrogen-bond acceptors (Lipinski definition) is 5. The first-order valence-electron chi connectivity index (χ1n) is 8.87. The molecule has 3 rings (SSSR count). The standard InChI is InChI=1S/C17H24FN3O4S/c1-2-3-12-4-6-20(10-12)7-5-13-8-14(18)17(15(22)9-13)21-11-16(23)19-26(21,24)25/h8-9,12,22H,2-7,10-11H2,1H3,(H,19,23). The summed E-state index contributed by atoms with van der Waals surface area (Å²) in [7, 11) is -4.16. The SMILES string of the molecule is CCCC1CCN(CCc2cc(O)c(N3CC(=O)NS3(=O)=O)c(F)c2)C1. The monoisotopic (exact) mass is 385 g/mol. The van der Waals surface area contributed by atoms with E-state index < -0.39 is 39.9 Å². The van der Waals surface area contributed by atoms with Gasteiger partial charge in [-0.05, 0) is 49.4 Å². The van der Waals surface area contributed by atoms with Crippen molar-refractivity contribution >= 4 is 21.8 Å². The minimum Gasteiger partial charge on any atom is -0.506 e. The Labute approximate surface area is 153 Å². The lowest BCUT2D eigenvalue weighted by atomic mass is 10.0. The molecule has 0 aliphatic carbocycles. The van der Waals surface area contributed by atoms with Crippen molar-refractivity contribution in [3.8, 4) is 5.75 Å². The van der Waals surface area contributed by atoms with E-state index in [1.54, 1.807) is 4.72 Å². The number of phenolic OH excluding ortho intramolecular Hbond substituents is 1. The van der Waals surface area contributed by atoms with E-state index in [0.29, 0.717) is 16.3 Å². The summed E-state index contributed by atoms with van der Waals surface area (Å²) in [6, 6.07) is 2.60. The molecule has 2 heterocycles. The van der Waals surface area contributed by atoms with Crippen LogP contribution in [0.4, 0.5) is 10.1 Å². The van der Waals surface area contributed by atoms with E-state index in [1.165, 1.54) is 31.4 Å². The molecule has 2 fully saturated rings. The average molecular weight is 385 g/mol. The number of nitrogens with one attached hydrogen (secondary N) is 1. The molecule has 1 aromatic rings. The smallest absolute Gasteiger partial charge is 0.326 e. The summed E-state index contributed by atoms with van der Waals surface area (Å²) in [6.45, 7) is 4.47. The zero-order valence-corrected chi connectivity index (χ0v) is 15.6. The van der Waals surface area contributed by atoms with Gasteiger partial charge in [0.15, 0.2) is 5.82 Å². The number of phenols is 1. The fraction of sp³-hybridized carbons (Fsp3) is 0.588. The number of rotatable bonds is 6. The van der Waals surface area contributed by atoms with Crippen LogP contribution in [0.25, 0.3) is 0 Å². The largest absolute Gasteiger partial charge is 0.506 e. The summed E-state index contributed by atoms with van der Waals surface area (Å²) in [4.78, 5) is 13.6. The normalized spacial score (nSPS) is 22.8. The number of carbonyl (C=O) groups is 1. The van der Waals surface area contributed by atoms with Crippen molar-refractivity contribution in [2.75, 3.05) is 30.5 Å². The Kier molecular flexibility index (Phi) is 5.38. The number of aromatic hydroxyl groups is 1. The summed E-state index contributed by atoms with van der Waals surface area (Å²) in [5, 5.41) is 10.2. The third-order valence-electron chi connectivity index (χ3n) is 4.96. The molecule has 0 bridgehead atoms. The van der Waals surface area contributed by atoms with Crippen LogP contribution in [0.5, 0.6) is 5.75 Å². The van der Waals surface area contributed by atoms with Crippen molar-refractivity contribution in [2.45, 2.75) is 32.6 Å². The van der Waals surface area contributed by atoms with Gasteiger partial charge in [0.1, 0.15) is 18.0 Å². The molecule has 2 N–H and O–H groups in total. The van der Waals surface area contributed by atoms with Crippen molar-refractivity contribution in [1.82, 2.24) is 9.62 Å². The second-order valence-corrected chi connectivity index (χ2v) is 8.57. The third kappa shape index (κ3) is 3.93. The summed E-state index contributed by atoms with van der Waals surface area (Å²) in [5.41, 5.74) is 0.106.